The standard InChI is InChI=1S/C22H17Cl2N3O2/c1-14(26-27-22(29)18-10-3-5-12-20(18)24)15-7-6-8-16(13-15)25-21(28)17-9-2-4-11-19(17)23/h2-13H,1H3,(H,25,28)(H,27,29)/b26-14+. The average Bonchev–Trinajstić information content (AvgIpc) is 2.72. The minimum Gasteiger partial charge on any atom is -0.322 e. The van der Waals surface area contributed by atoms with E-state index in [0.29, 0.717) is 32.6 Å². The Morgan fingerprint density at radius 1 is 0.793 bits per heavy atom. The number of carbonyl (C=O) groups excluding carboxylic acids is 2. The molecular weight excluding hydrogens is 409 g/mol. The number of hydrogen-bond acceptors (Lipinski definition) is 3. The fourth-order valence-corrected chi connectivity index (χ4v) is 3.01. The Morgan fingerprint density at radius 3 is 2.00 bits per heavy atom. The zero-order valence-corrected chi connectivity index (χ0v) is 17.0. The first-order valence-corrected chi connectivity index (χ1v) is 9.47. The fourth-order valence-electron chi connectivity index (χ4n) is 2.57. The van der Waals surface area contributed by atoms with E-state index in [4.69, 9.17) is 23.2 Å². The van der Waals surface area contributed by atoms with Crippen LogP contribution in [0.25, 0.3) is 0 Å². The first kappa shape index (κ1) is 20.6. The number of carbonyl (C=O) groups is 2. The lowest BCUT2D eigenvalue weighted by atomic mass is 10.1. The molecule has 0 radical (unpaired) electrons. The Kier molecular flexibility index (Phi) is 6.65. The van der Waals surface area contributed by atoms with Gasteiger partial charge in [0.05, 0.1) is 26.9 Å². The maximum atomic E-state index is 12.4. The molecule has 0 aliphatic carbocycles. The van der Waals surface area contributed by atoms with Crippen molar-refractivity contribution in [2.24, 2.45) is 5.10 Å². The van der Waals surface area contributed by atoms with Crippen molar-refractivity contribution in [3.63, 3.8) is 0 Å². The number of anilines is 1. The molecule has 0 atom stereocenters. The summed E-state index contributed by atoms with van der Waals surface area (Å²) in [4.78, 5) is 24.7. The number of nitrogens with zero attached hydrogens (tertiary/aromatic N) is 1. The second-order valence-electron chi connectivity index (χ2n) is 6.13. The smallest absolute Gasteiger partial charge is 0.272 e. The molecule has 0 unspecified atom stereocenters. The molecule has 2 N–H and O–H groups in total. The van der Waals surface area contributed by atoms with Gasteiger partial charge in [0.1, 0.15) is 0 Å². The summed E-state index contributed by atoms with van der Waals surface area (Å²) < 4.78 is 0. The summed E-state index contributed by atoms with van der Waals surface area (Å²) in [5, 5.41) is 7.66. The first-order chi connectivity index (χ1) is 14.0. The third kappa shape index (κ3) is 5.22. The molecule has 7 heteroatoms. The van der Waals surface area contributed by atoms with Gasteiger partial charge in [-0.3, -0.25) is 9.59 Å². The highest BCUT2D eigenvalue weighted by atomic mass is 35.5. The Labute approximate surface area is 178 Å². The summed E-state index contributed by atoms with van der Waals surface area (Å²) >= 11 is 12.1. The second-order valence-corrected chi connectivity index (χ2v) is 6.95. The summed E-state index contributed by atoms with van der Waals surface area (Å²) in [6.07, 6.45) is 0. The van der Waals surface area contributed by atoms with E-state index in [2.05, 4.69) is 15.8 Å². The van der Waals surface area contributed by atoms with E-state index >= 15 is 0 Å². The molecule has 0 saturated carbocycles. The van der Waals surface area contributed by atoms with E-state index in [1.807, 2.05) is 6.07 Å². The molecule has 3 rings (SSSR count). The Hall–Kier alpha value is -3.15. The molecule has 0 fully saturated rings. The van der Waals surface area contributed by atoms with Gasteiger partial charge in [0, 0.05) is 5.69 Å². The van der Waals surface area contributed by atoms with Crippen molar-refractivity contribution in [3.8, 4) is 0 Å². The third-order valence-corrected chi connectivity index (χ3v) is 4.76. The minimum atomic E-state index is -0.405. The Balaban J connectivity index is 1.72. The molecule has 0 spiro atoms. The number of benzene rings is 3. The van der Waals surface area contributed by atoms with Crippen LogP contribution in [-0.4, -0.2) is 17.5 Å². The summed E-state index contributed by atoms with van der Waals surface area (Å²) in [6, 6.07) is 20.7. The molecule has 146 valence electrons. The maximum absolute atomic E-state index is 12.4. The highest BCUT2D eigenvalue weighted by Gasteiger charge is 2.11. The van der Waals surface area contributed by atoms with Gasteiger partial charge in [-0.25, -0.2) is 5.43 Å². The van der Waals surface area contributed by atoms with Gasteiger partial charge in [-0.2, -0.15) is 5.10 Å². The number of amides is 2. The molecule has 29 heavy (non-hydrogen) atoms. The predicted octanol–water partition coefficient (Wildman–Crippen LogP) is 5.40. The largest absolute Gasteiger partial charge is 0.322 e. The number of nitrogens with one attached hydrogen (secondary N) is 2. The van der Waals surface area contributed by atoms with E-state index in [1.165, 1.54) is 0 Å². The third-order valence-electron chi connectivity index (χ3n) is 4.10. The lowest BCUT2D eigenvalue weighted by Crippen LogP contribution is -2.19. The van der Waals surface area contributed by atoms with E-state index in [1.54, 1.807) is 73.7 Å². The van der Waals surface area contributed by atoms with Crippen LogP contribution in [0.1, 0.15) is 33.2 Å². The first-order valence-electron chi connectivity index (χ1n) is 8.71. The topological polar surface area (TPSA) is 70.6 Å². The summed E-state index contributed by atoms with van der Waals surface area (Å²) in [7, 11) is 0. The lowest BCUT2D eigenvalue weighted by Gasteiger charge is -2.09. The quantitative estimate of drug-likeness (QED) is 0.424. The SMILES string of the molecule is C/C(=N\NC(=O)c1ccccc1Cl)c1cccc(NC(=O)c2ccccc2Cl)c1. The van der Waals surface area contributed by atoms with Gasteiger partial charge in [0.2, 0.25) is 0 Å². The van der Waals surface area contributed by atoms with Crippen LogP contribution >= 0.6 is 23.2 Å². The van der Waals surface area contributed by atoms with Crippen LogP contribution in [0.4, 0.5) is 5.69 Å². The van der Waals surface area contributed by atoms with Gasteiger partial charge in [-0.1, -0.05) is 59.6 Å². The highest BCUT2D eigenvalue weighted by molar-refractivity contribution is 6.34. The van der Waals surface area contributed by atoms with Crippen molar-refractivity contribution >= 4 is 46.4 Å². The van der Waals surface area contributed by atoms with Gasteiger partial charge >= 0.3 is 0 Å². The summed E-state index contributed by atoms with van der Waals surface area (Å²) in [6.45, 7) is 1.75. The van der Waals surface area contributed by atoms with Crippen molar-refractivity contribution in [1.82, 2.24) is 5.43 Å². The van der Waals surface area contributed by atoms with Crippen molar-refractivity contribution < 1.29 is 9.59 Å². The lowest BCUT2D eigenvalue weighted by molar-refractivity contribution is 0.0954. The van der Waals surface area contributed by atoms with E-state index in [-0.39, 0.29) is 5.91 Å². The van der Waals surface area contributed by atoms with Crippen LogP contribution in [0.5, 0.6) is 0 Å². The molecule has 0 heterocycles. The highest BCUT2D eigenvalue weighted by Crippen LogP contribution is 2.18. The summed E-state index contributed by atoms with van der Waals surface area (Å²) in [5.74, 6) is -0.715. The van der Waals surface area contributed by atoms with Gasteiger partial charge in [0.25, 0.3) is 11.8 Å². The van der Waals surface area contributed by atoms with Gasteiger partial charge < -0.3 is 5.32 Å². The normalized spacial score (nSPS) is 11.1. The molecule has 3 aromatic carbocycles. The molecule has 0 saturated heterocycles. The van der Waals surface area contributed by atoms with Crippen molar-refractivity contribution in [2.45, 2.75) is 6.92 Å². The zero-order chi connectivity index (χ0) is 20.8. The van der Waals surface area contributed by atoms with Crippen LogP contribution in [0.3, 0.4) is 0 Å². The predicted molar refractivity (Wildman–Crippen MR) is 117 cm³/mol. The minimum absolute atomic E-state index is 0.311. The van der Waals surface area contributed by atoms with Gasteiger partial charge in [0.15, 0.2) is 0 Å². The molecule has 2 amide bonds. The molecule has 3 aromatic rings. The van der Waals surface area contributed by atoms with Crippen molar-refractivity contribution in [2.75, 3.05) is 5.32 Å². The Bertz CT molecular complexity index is 1100. The van der Waals surface area contributed by atoms with Crippen LogP contribution in [0.15, 0.2) is 77.9 Å². The monoisotopic (exact) mass is 425 g/mol. The molecule has 0 aliphatic rings. The van der Waals surface area contributed by atoms with Crippen molar-refractivity contribution in [1.29, 1.82) is 0 Å². The maximum Gasteiger partial charge on any atom is 0.272 e. The van der Waals surface area contributed by atoms with Crippen LogP contribution in [0, 0.1) is 0 Å². The van der Waals surface area contributed by atoms with E-state index in [9.17, 15) is 9.59 Å². The van der Waals surface area contributed by atoms with Gasteiger partial charge in [-0.05, 0) is 48.9 Å². The average molecular weight is 426 g/mol. The Morgan fingerprint density at radius 2 is 1.38 bits per heavy atom. The number of hydrogen-bond donors (Lipinski definition) is 2. The van der Waals surface area contributed by atoms with Crippen LogP contribution in [-0.2, 0) is 0 Å². The number of hydrazone groups is 1. The number of rotatable bonds is 5. The van der Waals surface area contributed by atoms with E-state index < -0.39 is 5.91 Å². The van der Waals surface area contributed by atoms with Crippen molar-refractivity contribution in [3.05, 3.63) is 99.5 Å². The zero-order valence-electron chi connectivity index (χ0n) is 15.4. The summed E-state index contributed by atoms with van der Waals surface area (Å²) in [5.41, 5.74) is 5.11. The fraction of sp³-hybridized carbons (Fsp3) is 0.0455. The number of halogens is 2. The molecule has 0 aromatic heterocycles. The molecular formula is C22H17Cl2N3O2. The van der Waals surface area contributed by atoms with Gasteiger partial charge in [-0.15, -0.1) is 0 Å². The van der Waals surface area contributed by atoms with Crippen LogP contribution in [0.2, 0.25) is 10.0 Å². The molecule has 0 bridgehead atoms. The van der Waals surface area contributed by atoms with E-state index in [0.717, 1.165) is 5.56 Å². The molecule has 0 aliphatic heterocycles. The second kappa shape index (κ2) is 9.37. The molecule has 5 nitrogen and oxygen atoms in total. The van der Waals surface area contributed by atoms with Crippen LogP contribution < -0.4 is 10.7 Å².